The zero-order chi connectivity index (χ0) is 10.0. The zero-order valence-corrected chi connectivity index (χ0v) is 8.43. The molecular formula is C10H12ClNO. The Hall–Kier alpha value is -1.02. The molecule has 0 aliphatic carbocycles. The van der Waals surface area contributed by atoms with Crippen molar-refractivity contribution in [2.75, 3.05) is 5.73 Å². The van der Waals surface area contributed by atoms with Crippen LogP contribution in [0.1, 0.15) is 23.4 Å². The number of anilines is 1. The van der Waals surface area contributed by atoms with Crippen molar-refractivity contribution in [3.8, 4) is 0 Å². The SMILES string of the molecule is CC(=O)C(Cl)c1ccc(N)c(C)c1. The van der Waals surface area contributed by atoms with Gasteiger partial charge in [-0.2, -0.15) is 0 Å². The maximum absolute atomic E-state index is 11.0. The summed E-state index contributed by atoms with van der Waals surface area (Å²) in [6.07, 6.45) is 0. The van der Waals surface area contributed by atoms with Crippen molar-refractivity contribution in [1.82, 2.24) is 0 Å². The zero-order valence-electron chi connectivity index (χ0n) is 7.67. The summed E-state index contributed by atoms with van der Waals surface area (Å²) in [7, 11) is 0. The fourth-order valence-electron chi connectivity index (χ4n) is 1.09. The molecule has 1 atom stereocenters. The third-order valence-electron chi connectivity index (χ3n) is 1.94. The summed E-state index contributed by atoms with van der Waals surface area (Å²) in [6, 6.07) is 5.39. The number of hydrogen-bond donors (Lipinski definition) is 1. The van der Waals surface area contributed by atoms with Crippen LogP contribution in [-0.4, -0.2) is 5.78 Å². The van der Waals surface area contributed by atoms with Crippen LogP contribution in [0.2, 0.25) is 0 Å². The van der Waals surface area contributed by atoms with Gasteiger partial charge in [-0.15, -0.1) is 11.6 Å². The van der Waals surface area contributed by atoms with Crippen LogP contribution in [0, 0.1) is 6.92 Å². The lowest BCUT2D eigenvalue weighted by Gasteiger charge is -2.07. The second kappa shape index (κ2) is 3.79. The van der Waals surface area contributed by atoms with Gasteiger partial charge < -0.3 is 5.73 Å². The van der Waals surface area contributed by atoms with E-state index in [0.717, 1.165) is 16.8 Å². The lowest BCUT2D eigenvalue weighted by atomic mass is 10.1. The number of ketones is 1. The number of halogens is 1. The van der Waals surface area contributed by atoms with Gasteiger partial charge in [0, 0.05) is 5.69 Å². The second-order valence-electron chi connectivity index (χ2n) is 3.09. The van der Waals surface area contributed by atoms with Gasteiger partial charge in [0.05, 0.1) is 0 Å². The molecule has 2 N–H and O–H groups in total. The fraction of sp³-hybridized carbons (Fsp3) is 0.300. The van der Waals surface area contributed by atoms with Gasteiger partial charge in [-0.25, -0.2) is 0 Å². The molecule has 0 amide bonds. The molecule has 0 bridgehead atoms. The fourth-order valence-corrected chi connectivity index (χ4v) is 1.23. The van der Waals surface area contributed by atoms with Crippen LogP contribution < -0.4 is 5.73 Å². The Kier molecular flexibility index (Phi) is 2.94. The van der Waals surface area contributed by atoms with Gasteiger partial charge in [0.1, 0.15) is 5.38 Å². The van der Waals surface area contributed by atoms with Crippen molar-refractivity contribution in [3.05, 3.63) is 29.3 Å². The lowest BCUT2D eigenvalue weighted by Crippen LogP contribution is -2.02. The predicted octanol–water partition coefficient (Wildman–Crippen LogP) is 2.45. The highest BCUT2D eigenvalue weighted by atomic mass is 35.5. The van der Waals surface area contributed by atoms with Gasteiger partial charge in [0.25, 0.3) is 0 Å². The first kappa shape index (κ1) is 10.1. The first-order valence-electron chi connectivity index (χ1n) is 4.03. The Balaban J connectivity index is 3.03. The van der Waals surface area contributed by atoms with E-state index in [1.165, 1.54) is 6.92 Å². The Labute approximate surface area is 82.7 Å². The normalized spacial score (nSPS) is 12.5. The van der Waals surface area contributed by atoms with Crippen molar-refractivity contribution in [3.63, 3.8) is 0 Å². The molecular weight excluding hydrogens is 186 g/mol. The van der Waals surface area contributed by atoms with Gasteiger partial charge >= 0.3 is 0 Å². The van der Waals surface area contributed by atoms with E-state index in [2.05, 4.69) is 0 Å². The summed E-state index contributed by atoms with van der Waals surface area (Å²) in [5.74, 6) is -0.0501. The van der Waals surface area contributed by atoms with Gasteiger partial charge in [0.2, 0.25) is 0 Å². The molecule has 0 fully saturated rings. The molecule has 0 aliphatic heterocycles. The summed E-state index contributed by atoms with van der Waals surface area (Å²) in [5.41, 5.74) is 8.11. The van der Waals surface area contributed by atoms with E-state index in [9.17, 15) is 4.79 Å². The van der Waals surface area contributed by atoms with Gasteiger partial charge in [0.15, 0.2) is 5.78 Å². The summed E-state index contributed by atoms with van der Waals surface area (Å²) >= 11 is 5.88. The molecule has 0 radical (unpaired) electrons. The summed E-state index contributed by atoms with van der Waals surface area (Å²) < 4.78 is 0. The molecule has 70 valence electrons. The Morgan fingerprint density at radius 3 is 2.62 bits per heavy atom. The van der Waals surface area contributed by atoms with Crippen molar-refractivity contribution in [1.29, 1.82) is 0 Å². The molecule has 1 aromatic carbocycles. The van der Waals surface area contributed by atoms with Gasteiger partial charge in [-0.3, -0.25) is 4.79 Å². The van der Waals surface area contributed by atoms with E-state index >= 15 is 0 Å². The number of aryl methyl sites for hydroxylation is 1. The van der Waals surface area contributed by atoms with Crippen LogP contribution in [-0.2, 0) is 4.79 Å². The van der Waals surface area contributed by atoms with Crippen molar-refractivity contribution >= 4 is 23.1 Å². The van der Waals surface area contributed by atoms with E-state index in [4.69, 9.17) is 17.3 Å². The molecule has 0 saturated heterocycles. The lowest BCUT2D eigenvalue weighted by molar-refractivity contribution is -0.116. The number of nitrogen functional groups attached to an aromatic ring is 1. The highest BCUT2D eigenvalue weighted by Crippen LogP contribution is 2.24. The maximum Gasteiger partial charge on any atom is 0.152 e. The number of benzene rings is 1. The Bertz CT molecular complexity index is 336. The first-order valence-corrected chi connectivity index (χ1v) is 4.46. The number of nitrogens with two attached hydrogens (primary N) is 1. The molecule has 1 rings (SSSR count). The molecule has 0 spiro atoms. The highest BCUT2D eigenvalue weighted by molar-refractivity contribution is 6.30. The van der Waals surface area contributed by atoms with E-state index < -0.39 is 5.38 Å². The molecule has 0 saturated carbocycles. The van der Waals surface area contributed by atoms with E-state index in [-0.39, 0.29) is 5.78 Å². The van der Waals surface area contributed by atoms with Crippen LogP contribution in [0.3, 0.4) is 0 Å². The van der Waals surface area contributed by atoms with Crippen LogP contribution in [0.5, 0.6) is 0 Å². The number of carbonyl (C=O) groups excluding carboxylic acids is 1. The van der Waals surface area contributed by atoms with Crippen LogP contribution in [0.25, 0.3) is 0 Å². The number of rotatable bonds is 2. The van der Waals surface area contributed by atoms with E-state index in [1.807, 2.05) is 13.0 Å². The van der Waals surface area contributed by atoms with E-state index in [1.54, 1.807) is 12.1 Å². The molecule has 3 heteroatoms. The average molecular weight is 198 g/mol. The van der Waals surface area contributed by atoms with Crippen LogP contribution in [0.15, 0.2) is 18.2 Å². The van der Waals surface area contributed by atoms with E-state index in [0.29, 0.717) is 0 Å². The smallest absolute Gasteiger partial charge is 0.152 e. The monoisotopic (exact) mass is 197 g/mol. The summed E-state index contributed by atoms with van der Waals surface area (Å²) in [6.45, 7) is 3.37. The Morgan fingerprint density at radius 1 is 1.54 bits per heavy atom. The largest absolute Gasteiger partial charge is 0.399 e. The molecule has 0 aromatic heterocycles. The summed E-state index contributed by atoms with van der Waals surface area (Å²) in [5, 5.41) is -0.556. The minimum Gasteiger partial charge on any atom is -0.399 e. The molecule has 0 heterocycles. The van der Waals surface area contributed by atoms with Crippen LogP contribution >= 0.6 is 11.6 Å². The molecule has 13 heavy (non-hydrogen) atoms. The maximum atomic E-state index is 11.0. The number of Topliss-reactive ketones (excluding diaryl/α,β-unsaturated/α-hetero) is 1. The number of alkyl halides is 1. The standard InChI is InChI=1S/C10H12ClNO/c1-6-5-8(3-4-9(6)12)10(11)7(2)13/h3-5,10H,12H2,1-2H3. The van der Waals surface area contributed by atoms with Gasteiger partial charge in [-0.05, 0) is 31.0 Å². The van der Waals surface area contributed by atoms with Gasteiger partial charge in [-0.1, -0.05) is 12.1 Å². The third kappa shape index (κ3) is 2.22. The average Bonchev–Trinajstić information content (AvgIpc) is 2.08. The Morgan fingerprint density at radius 2 is 2.15 bits per heavy atom. The van der Waals surface area contributed by atoms with Crippen LogP contribution in [0.4, 0.5) is 5.69 Å². The summed E-state index contributed by atoms with van der Waals surface area (Å²) in [4.78, 5) is 11.0. The van der Waals surface area contributed by atoms with Crippen molar-refractivity contribution in [2.24, 2.45) is 0 Å². The topological polar surface area (TPSA) is 43.1 Å². The molecule has 2 nitrogen and oxygen atoms in total. The predicted molar refractivity (Wildman–Crippen MR) is 54.9 cm³/mol. The third-order valence-corrected chi connectivity index (χ3v) is 2.50. The number of hydrogen-bond acceptors (Lipinski definition) is 2. The minimum atomic E-state index is -0.556. The minimum absolute atomic E-state index is 0.0501. The van der Waals surface area contributed by atoms with Crippen molar-refractivity contribution < 1.29 is 4.79 Å². The molecule has 1 aromatic rings. The molecule has 0 aliphatic rings. The quantitative estimate of drug-likeness (QED) is 0.585. The second-order valence-corrected chi connectivity index (χ2v) is 3.53. The number of carbonyl (C=O) groups is 1. The molecule has 1 unspecified atom stereocenters. The highest BCUT2D eigenvalue weighted by Gasteiger charge is 2.12. The first-order chi connectivity index (χ1) is 6.02. The van der Waals surface area contributed by atoms with Crippen molar-refractivity contribution in [2.45, 2.75) is 19.2 Å².